The number of ether oxygens (including phenoxy) is 1. The quantitative estimate of drug-likeness (QED) is 0.369. The van der Waals surface area contributed by atoms with Crippen molar-refractivity contribution in [3.8, 4) is 5.75 Å². The standard InChI is InChI=1S/C23H18ClN5O3S/c1-2-32-17-11-9-16(10-12-17)25-21-19-14-15(24)8-13-20(19)29-22(26-21)23(27-28-29)33(30,31)18-6-4-3-5-7-18/h3-14H,2H2,1H3,(H,25,26). The highest BCUT2D eigenvalue weighted by Crippen LogP contribution is 2.31. The Labute approximate surface area is 194 Å². The second-order valence-corrected chi connectivity index (χ2v) is 9.45. The highest BCUT2D eigenvalue weighted by Gasteiger charge is 2.27. The molecule has 2 heterocycles. The van der Waals surface area contributed by atoms with E-state index in [2.05, 4.69) is 20.6 Å². The molecule has 0 unspecified atom stereocenters. The number of benzene rings is 3. The Balaban J connectivity index is 1.69. The van der Waals surface area contributed by atoms with Crippen LogP contribution in [0.25, 0.3) is 16.6 Å². The van der Waals surface area contributed by atoms with Crippen LogP contribution < -0.4 is 10.1 Å². The molecule has 1 N–H and O–H groups in total. The number of hydrogen-bond donors (Lipinski definition) is 1. The van der Waals surface area contributed by atoms with Crippen LogP contribution in [0, 0.1) is 0 Å². The van der Waals surface area contributed by atoms with Crippen LogP contribution in [-0.4, -0.2) is 34.8 Å². The zero-order valence-electron chi connectivity index (χ0n) is 17.4. The Kier molecular flexibility index (Phi) is 5.35. The number of aromatic nitrogens is 4. The van der Waals surface area contributed by atoms with Gasteiger partial charge < -0.3 is 10.1 Å². The van der Waals surface area contributed by atoms with Crippen molar-refractivity contribution in [2.45, 2.75) is 16.8 Å². The van der Waals surface area contributed by atoms with Crippen LogP contribution in [0.4, 0.5) is 11.5 Å². The average Bonchev–Trinajstić information content (AvgIpc) is 3.26. The molecule has 2 aromatic heterocycles. The van der Waals surface area contributed by atoms with E-state index in [-0.39, 0.29) is 15.6 Å². The molecule has 5 aromatic rings. The highest BCUT2D eigenvalue weighted by molar-refractivity contribution is 7.91. The van der Waals surface area contributed by atoms with Gasteiger partial charge in [-0.15, -0.1) is 5.10 Å². The third kappa shape index (κ3) is 3.85. The van der Waals surface area contributed by atoms with Crippen LogP contribution in [0.3, 0.4) is 0 Å². The summed E-state index contributed by atoms with van der Waals surface area (Å²) in [5, 5.41) is 12.3. The van der Waals surface area contributed by atoms with Crippen molar-refractivity contribution in [3.63, 3.8) is 0 Å². The van der Waals surface area contributed by atoms with E-state index in [1.807, 2.05) is 31.2 Å². The number of rotatable bonds is 6. The molecule has 5 rings (SSSR count). The lowest BCUT2D eigenvalue weighted by atomic mass is 10.2. The fourth-order valence-corrected chi connectivity index (χ4v) is 4.91. The van der Waals surface area contributed by atoms with E-state index >= 15 is 0 Å². The van der Waals surface area contributed by atoms with Crippen molar-refractivity contribution in [3.05, 3.63) is 77.8 Å². The van der Waals surface area contributed by atoms with E-state index in [1.54, 1.807) is 36.4 Å². The van der Waals surface area contributed by atoms with Crippen LogP contribution in [0.1, 0.15) is 6.92 Å². The molecule has 3 aromatic carbocycles. The molecule has 0 amide bonds. The summed E-state index contributed by atoms with van der Waals surface area (Å²) in [4.78, 5) is 4.73. The maximum Gasteiger partial charge on any atom is 0.229 e. The molecule has 0 atom stereocenters. The summed E-state index contributed by atoms with van der Waals surface area (Å²) in [6, 6.07) is 20.7. The monoisotopic (exact) mass is 479 g/mol. The second kappa shape index (κ2) is 8.34. The van der Waals surface area contributed by atoms with Crippen molar-refractivity contribution in [1.29, 1.82) is 0 Å². The van der Waals surface area contributed by atoms with Gasteiger partial charge in [0.25, 0.3) is 0 Å². The third-order valence-corrected chi connectivity index (χ3v) is 6.91. The van der Waals surface area contributed by atoms with Gasteiger partial charge >= 0.3 is 0 Å². The predicted octanol–water partition coefficient (Wildman–Crippen LogP) is 4.91. The van der Waals surface area contributed by atoms with Gasteiger partial charge in [-0.1, -0.05) is 35.0 Å². The van der Waals surface area contributed by atoms with Gasteiger partial charge in [0.15, 0.2) is 5.65 Å². The normalized spacial score (nSPS) is 11.7. The third-order valence-electron chi connectivity index (χ3n) is 5.01. The Morgan fingerprint density at radius 1 is 1.03 bits per heavy atom. The van der Waals surface area contributed by atoms with Crippen molar-refractivity contribution in [2.24, 2.45) is 0 Å². The fraction of sp³-hybridized carbons (Fsp3) is 0.0870. The SMILES string of the molecule is CCOc1ccc(Nc2nc3c(S(=O)(=O)c4ccccc4)nnn3c3ccc(Cl)cc23)cc1. The molecule has 0 aliphatic heterocycles. The van der Waals surface area contributed by atoms with Gasteiger partial charge in [0.1, 0.15) is 11.6 Å². The minimum absolute atomic E-state index is 0.113. The second-order valence-electron chi connectivity index (χ2n) is 7.15. The first kappa shape index (κ1) is 21.2. The number of hydrogen-bond acceptors (Lipinski definition) is 7. The largest absolute Gasteiger partial charge is 0.494 e. The molecule has 0 saturated heterocycles. The molecule has 10 heteroatoms. The molecule has 166 valence electrons. The fourth-order valence-electron chi connectivity index (χ4n) is 3.49. The Bertz CT molecular complexity index is 1570. The van der Waals surface area contributed by atoms with E-state index in [9.17, 15) is 8.42 Å². The van der Waals surface area contributed by atoms with Crippen molar-refractivity contribution < 1.29 is 13.2 Å². The first-order valence-corrected chi connectivity index (χ1v) is 12.0. The molecular weight excluding hydrogens is 462 g/mol. The van der Waals surface area contributed by atoms with E-state index in [4.69, 9.17) is 16.3 Å². The molecule has 33 heavy (non-hydrogen) atoms. The summed E-state index contributed by atoms with van der Waals surface area (Å²) >= 11 is 6.24. The summed E-state index contributed by atoms with van der Waals surface area (Å²) in [6.45, 7) is 2.49. The molecule has 0 radical (unpaired) electrons. The van der Waals surface area contributed by atoms with Gasteiger partial charge in [0.2, 0.25) is 14.9 Å². The molecule has 0 spiro atoms. The Morgan fingerprint density at radius 3 is 2.52 bits per heavy atom. The molecular formula is C23H18ClN5O3S. The maximum atomic E-state index is 13.3. The summed E-state index contributed by atoms with van der Waals surface area (Å²) in [5.41, 5.74) is 1.47. The van der Waals surface area contributed by atoms with Crippen molar-refractivity contribution in [1.82, 2.24) is 19.8 Å². The Hall–Kier alpha value is -3.69. The highest BCUT2D eigenvalue weighted by atomic mass is 35.5. The smallest absolute Gasteiger partial charge is 0.229 e. The molecule has 0 aliphatic rings. The van der Waals surface area contributed by atoms with E-state index in [0.717, 1.165) is 11.4 Å². The van der Waals surface area contributed by atoms with Gasteiger partial charge in [-0.05, 0) is 61.5 Å². The minimum Gasteiger partial charge on any atom is -0.494 e. The molecule has 8 nitrogen and oxygen atoms in total. The molecule has 0 bridgehead atoms. The van der Waals surface area contributed by atoms with Crippen LogP contribution in [0.5, 0.6) is 5.75 Å². The number of nitrogens with zero attached hydrogens (tertiary/aromatic N) is 4. The minimum atomic E-state index is -3.93. The summed E-state index contributed by atoms with van der Waals surface area (Å²) < 4.78 is 33.4. The van der Waals surface area contributed by atoms with E-state index < -0.39 is 9.84 Å². The van der Waals surface area contributed by atoms with Gasteiger partial charge in [-0.2, -0.15) is 4.52 Å². The van der Waals surface area contributed by atoms with Crippen LogP contribution >= 0.6 is 11.6 Å². The first-order chi connectivity index (χ1) is 16.0. The van der Waals surface area contributed by atoms with Gasteiger partial charge in [0.05, 0.1) is 17.0 Å². The van der Waals surface area contributed by atoms with Crippen molar-refractivity contribution in [2.75, 3.05) is 11.9 Å². The molecule has 0 fully saturated rings. The topological polar surface area (TPSA) is 98.5 Å². The number of fused-ring (bicyclic) bond motifs is 3. The summed E-state index contributed by atoms with van der Waals surface area (Å²) in [7, 11) is -3.93. The lowest BCUT2D eigenvalue weighted by molar-refractivity contribution is 0.340. The number of halogens is 1. The average molecular weight is 480 g/mol. The zero-order valence-corrected chi connectivity index (χ0v) is 19.0. The van der Waals surface area contributed by atoms with Gasteiger partial charge in [-0.25, -0.2) is 13.4 Å². The molecule has 0 saturated carbocycles. The van der Waals surface area contributed by atoms with Crippen LogP contribution in [0.2, 0.25) is 5.02 Å². The lowest BCUT2D eigenvalue weighted by Crippen LogP contribution is -2.05. The summed E-state index contributed by atoms with van der Waals surface area (Å²) in [6.07, 6.45) is 0. The number of sulfone groups is 1. The van der Waals surface area contributed by atoms with E-state index in [1.165, 1.54) is 16.6 Å². The van der Waals surface area contributed by atoms with Crippen LogP contribution in [0.15, 0.2) is 82.7 Å². The maximum absolute atomic E-state index is 13.3. The first-order valence-electron chi connectivity index (χ1n) is 10.1. The zero-order chi connectivity index (χ0) is 23.0. The van der Waals surface area contributed by atoms with E-state index in [0.29, 0.717) is 28.4 Å². The predicted molar refractivity (Wildman–Crippen MR) is 126 cm³/mol. The van der Waals surface area contributed by atoms with Gasteiger partial charge in [0, 0.05) is 16.1 Å². The number of nitrogens with one attached hydrogen (secondary N) is 1. The lowest BCUT2D eigenvalue weighted by Gasteiger charge is -2.11. The van der Waals surface area contributed by atoms with Crippen molar-refractivity contribution >= 4 is 49.5 Å². The van der Waals surface area contributed by atoms with Crippen LogP contribution in [-0.2, 0) is 9.84 Å². The Morgan fingerprint density at radius 2 is 1.79 bits per heavy atom. The molecule has 0 aliphatic carbocycles. The van der Waals surface area contributed by atoms with Gasteiger partial charge in [-0.3, -0.25) is 0 Å². The summed E-state index contributed by atoms with van der Waals surface area (Å²) in [5.74, 6) is 1.17. The number of anilines is 2.